The third kappa shape index (κ3) is 3.13. The Morgan fingerprint density at radius 3 is 2.68 bits per heavy atom. The van der Waals surface area contributed by atoms with E-state index < -0.39 is 0 Å². The van der Waals surface area contributed by atoms with Crippen LogP contribution in [0, 0.1) is 6.92 Å². The minimum absolute atomic E-state index is 0.361. The van der Waals surface area contributed by atoms with Gasteiger partial charge in [0.15, 0.2) is 0 Å². The van der Waals surface area contributed by atoms with Crippen LogP contribution in [-0.4, -0.2) is 9.78 Å². The zero-order valence-electron chi connectivity index (χ0n) is 12.0. The van der Waals surface area contributed by atoms with E-state index in [-0.39, 0.29) is 0 Å². The molecular weight excluding hydrogens is 254 g/mol. The van der Waals surface area contributed by atoms with Crippen LogP contribution < -0.4 is 5.73 Å². The summed E-state index contributed by atoms with van der Waals surface area (Å²) in [5.74, 6) is 1.28. The van der Waals surface area contributed by atoms with Gasteiger partial charge in [-0.15, -0.1) is 0 Å². The van der Waals surface area contributed by atoms with Crippen molar-refractivity contribution in [2.45, 2.75) is 37.5 Å². The molecule has 0 aliphatic heterocycles. The predicted molar refractivity (Wildman–Crippen MR) is 82.4 cm³/mol. The summed E-state index contributed by atoms with van der Waals surface area (Å²) >= 11 is 1.75. The maximum Gasteiger partial charge on any atom is 0.117 e. The van der Waals surface area contributed by atoms with E-state index in [9.17, 15) is 0 Å². The maximum atomic E-state index is 6.19. The summed E-state index contributed by atoms with van der Waals surface area (Å²) in [6.45, 7) is 6.35. The molecule has 102 valence electrons. The van der Waals surface area contributed by atoms with E-state index in [0.29, 0.717) is 5.92 Å². The maximum absolute atomic E-state index is 6.19. The number of hydrogen-bond acceptors (Lipinski definition) is 3. The average Bonchev–Trinajstić information content (AvgIpc) is 2.63. The number of nitrogens with two attached hydrogens (primary N) is 1. The molecule has 0 spiro atoms. The first-order valence-corrected chi connectivity index (χ1v) is 7.48. The molecular formula is C15H21N3S. The van der Waals surface area contributed by atoms with Crippen LogP contribution in [0.25, 0.3) is 0 Å². The van der Waals surface area contributed by atoms with Gasteiger partial charge < -0.3 is 5.73 Å². The molecule has 2 aromatic rings. The summed E-state index contributed by atoms with van der Waals surface area (Å²) in [6.07, 6.45) is 0. The molecule has 0 aliphatic carbocycles. The molecule has 0 bridgehead atoms. The lowest BCUT2D eigenvalue weighted by Crippen LogP contribution is -1.94. The first-order chi connectivity index (χ1) is 8.99. The fourth-order valence-electron chi connectivity index (χ4n) is 2.10. The van der Waals surface area contributed by atoms with Crippen molar-refractivity contribution in [2.75, 3.05) is 5.73 Å². The number of aryl methyl sites for hydroxylation is 2. The minimum atomic E-state index is 0.361. The van der Waals surface area contributed by atoms with Crippen LogP contribution in [-0.2, 0) is 12.8 Å². The lowest BCUT2D eigenvalue weighted by atomic mass is 10.1. The summed E-state index contributed by atoms with van der Waals surface area (Å²) in [5.41, 5.74) is 10.6. The van der Waals surface area contributed by atoms with Crippen LogP contribution >= 0.6 is 11.8 Å². The van der Waals surface area contributed by atoms with E-state index in [0.717, 1.165) is 22.2 Å². The summed E-state index contributed by atoms with van der Waals surface area (Å²) in [6, 6.07) is 8.57. The Morgan fingerprint density at radius 1 is 1.37 bits per heavy atom. The van der Waals surface area contributed by atoms with Gasteiger partial charge in [-0.2, -0.15) is 5.10 Å². The highest BCUT2D eigenvalue weighted by molar-refractivity contribution is 7.98. The molecule has 0 atom stereocenters. The zero-order chi connectivity index (χ0) is 14.0. The lowest BCUT2D eigenvalue weighted by molar-refractivity contribution is 0.671. The molecule has 2 N–H and O–H groups in total. The molecule has 1 heterocycles. The van der Waals surface area contributed by atoms with Crippen molar-refractivity contribution in [2.24, 2.45) is 7.05 Å². The molecule has 1 aromatic carbocycles. The molecule has 0 aliphatic rings. The van der Waals surface area contributed by atoms with E-state index in [1.54, 1.807) is 11.8 Å². The Balaban J connectivity index is 2.16. The van der Waals surface area contributed by atoms with Gasteiger partial charge in [0.2, 0.25) is 0 Å². The molecule has 3 nitrogen and oxygen atoms in total. The van der Waals surface area contributed by atoms with Gasteiger partial charge in [0.25, 0.3) is 0 Å². The van der Waals surface area contributed by atoms with E-state index in [4.69, 9.17) is 5.73 Å². The second-order valence-electron chi connectivity index (χ2n) is 5.16. The summed E-state index contributed by atoms with van der Waals surface area (Å²) < 4.78 is 1.89. The SMILES string of the molecule is Cc1cccc(CSc2c(N)c(C(C)C)nn2C)c1. The Hall–Kier alpha value is -1.42. The highest BCUT2D eigenvalue weighted by Gasteiger charge is 2.16. The van der Waals surface area contributed by atoms with E-state index in [2.05, 4.69) is 50.1 Å². The molecule has 0 radical (unpaired) electrons. The smallest absolute Gasteiger partial charge is 0.117 e. The lowest BCUT2D eigenvalue weighted by Gasteiger charge is -2.05. The number of anilines is 1. The van der Waals surface area contributed by atoms with Crippen LogP contribution in [0.3, 0.4) is 0 Å². The third-order valence-corrected chi connectivity index (χ3v) is 4.30. The molecule has 4 heteroatoms. The van der Waals surface area contributed by atoms with Crippen LogP contribution in [0.5, 0.6) is 0 Å². The Morgan fingerprint density at radius 2 is 2.11 bits per heavy atom. The van der Waals surface area contributed by atoms with Crippen LogP contribution in [0.4, 0.5) is 5.69 Å². The van der Waals surface area contributed by atoms with Crippen molar-refractivity contribution < 1.29 is 0 Å². The Kier molecular flexibility index (Phi) is 4.20. The fourth-order valence-corrected chi connectivity index (χ4v) is 3.07. The van der Waals surface area contributed by atoms with Gasteiger partial charge in [-0.1, -0.05) is 55.4 Å². The molecule has 19 heavy (non-hydrogen) atoms. The first-order valence-electron chi connectivity index (χ1n) is 6.49. The molecule has 0 saturated heterocycles. The molecule has 0 amide bonds. The molecule has 0 unspecified atom stereocenters. The highest BCUT2D eigenvalue weighted by atomic mass is 32.2. The minimum Gasteiger partial charge on any atom is -0.395 e. The number of hydrogen-bond donors (Lipinski definition) is 1. The highest BCUT2D eigenvalue weighted by Crippen LogP contribution is 2.33. The number of rotatable bonds is 4. The van der Waals surface area contributed by atoms with Gasteiger partial charge in [0, 0.05) is 12.8 Å². The van der Waals surface area contributed by atoms with Gasteiger partial charge in [0.05, 0.1) is 11.4 Å². The number of thioether (sulfide) groups is 1. The van der Waals surface area contributed by atoms with Gasteiger partial charge in [-0.3, -0.25) is 4.68 Å². The number of nitrogen functional groups attached to an aromatic ring is 1. The number of benzene rings is 1. The summed E-state index contributed by atoms with van der Waals surface area (Å²) in [4.78, 5) is 0. The monoisotopic (exact) mass is 275 g/mol. The van der Waals surface area contributed by atoms with Gasteiger partial charge in [0.1, 0.15) is 5.03 Å². The molecule has 0 saturated carbocycles. The standard InChI is InChI=1S/C15H21N3S/c1-10(2)14-13(16)15(18(4)17-14)19-9-12-7-5-6-11(3)8-12/h5-8,10H,9,16H2,1-4H3. The van der Waals surface area contributed by atoms with Gasteiger partial charge >= 0.3 is 0 Å². The Labute approximate surface area is 119 Å². The zero-order valence-corrected chi connectivity index (χ0v) is 12.8. The van der Waals surface area contributed by atoms with Crippen molar-refractivity contribution in [3.05, 3.63) is 41.1 Å². The van der Waals surface area contributed by atoms with E-state index >= 15 is 0 Å². The van der Waals surface area contributed by atoms with Crippen molar-refractivity contribution in [3.8, 4) is 0 Å². The second kappa shape index (κ2) is 5.70. The summed E-state index contributed by atoms with van der Waals surface area (Å²) in [5, 5.41) is 5.57. The quantitative estimate of drug-likeness (QED) is 0.865. The fraction of sp³-hybridized carbons (Fsp3) is 0.400. The van der Waals surface area contributed by atoms with Crippen LogP contribution in [0.15, 0.2) is 29.3 Å². The van der Waals surface area contributed by atoms with Gasteiger partial charge in [-0.25, -0.2) is 0 Å². The normalized spacial score (nSPS) is 11.2. The van der Waals surface area contributed by atoms with Crippen molar-refractivity contribution >= 4 is 17.4 Å². The topological polar surface area (TPSA) is 43.8 Å². The molecule has 0 fully saturated rings. The largest absolute Gasteiger partial charge is 0.395 e. The molecule has 1 aromatic heterocycles. The van der Waals surface area contributed by atoms with Crippen molar-refractivity contribution in [3.63, 3.8) is 0 Å². The Bertz CT molecular complexity index is 573. The predicted octanol–water partition coefficient (Wildman–Crippen LogP) is 3.73. The number of aromatic nitrogens is 2. The second-order valence-corrected chi connectivity index (χ2v) is 6.12. The van der Waals surface area contributed by atoms with E-state index in [1.165, 1.54) is 11.1 Å². The van der Waals surface area contributed by atoms with Crippen molar-refractivity contribution in [1.82, 2.24) is 9.78 Å². The van der Waals surface area contributed by atoms with Crippen LogP contribution in [0.1, 0.15) is 36.6 Å². The van der Waals surface area contributed by atoms with Crippen LogP contribution in [0.2, 0.25) is 0 Å². The third-order valence-electron chi connectivity index (χ3n) is 3.06. The van der Waals surface area contributed by atoms with Gasteiger partial charge in [-0.05, 0) is 18.4 Å². The molecule has 2 rings (SSSR count). The first kappa shape index (κ1) is 14.0. The van der Waals surface area contributed by atoms with E-state index in [1.807, 2.05) is 11.7 Å². The van der Waals surface area contributed by atoms with Crippen molar-refractivity contribution in [1.29, 1.82) is 0 Å². The average molecular weight is 275 g/mol. The summed E-state index contributed by atoms with van der Waals surface area (Å²) in [7, 11) is 1.96. The number of nitrogens with zero attached hydrogens (tertiary/aromatic N) is 2.